The van der Waals surface area contributed by atoms with E-state index in [9.17, 15) is 13.2 Å². The van der Waals surface area contributed by atoms with Crippen molar-refractivity contribution in [3.05, 3.63) is 35.4 Å². The van der Waals surface area contributed by atoms with E-state index in [2.05, 4.69) is 0 Å². The molecule has 102 valence electrons. The van der Waals surface area contributed by atoms with Gasteiger partial charge in [-0.2, -0.15) is 13.2 Å². The highest BCUT2D eigenvalue weighted by Gasteiger charge is 2.31. The van der Waals surface area contributed by atoms with Crippen LogP contribution in [0.25, 0.3) is 0 Å². The highest BCUT2D eigenvalue weighted by molar-refractivity contribution is 5.29. The molecular weight excluding hydrogens is 239 g/mol. The standard InChI is InChI=1S/C14H20F3N/c1-3-10(4-2)13(9-18)11-6-5-7-12(8-11)14(15,16)17/h5-8,10,13H,3-4,9,18H2,1-2H3. The van der Waals surface area contributed by atoms with Crippen LogP contribution in [0.2, 0.25) is 0 Å². The number of halogens is 3. The predicted molar refractivity (Wildman–Crippen MR) is 67.3 cm³/mol. The molecule has 0 saturated heterocycles. The molecule has 0 heterocycles. The van der Waals surface area contributed by atoms with Gasteiger partial charge in [-0.1, -0.05) is 44.9 Å². The summed E-state index contributed by atoms with van der Waals surface area (Å²) in [6, 6.07) is 5.54. The summed E-state index contributed by atoms with van der Waals surface area (Å²) in [6.45, 7) is 4.47. The van der Waals surface area contributed by atoms with Crippen LogP contribution in [0.15, 0.2) is 24.3 Å². The summed E-state index contributed by atoms with van der Waals surface area (Å²) in [6.07, 6.45) is -2.44. The fraction of sp³-hybridized carbons (Fsp3) is 0.571. The van der Waals surface area contributed by atoms with E-state index in [-0.39, 0.29) is 5.92 Å². The molecule has 1 unspecified atom stereocenters. The Bertz CT molecular complexity index is 370. The zero-order valence-corrected chi connectivity index (χ0v) is 10.8. The first kappa shape index (κ1) is 15.0. The highest BCUT2D eigenvalue weighted by atomic mass is 19.4. The molecule has 0 amide bonds. The van der Waals surface area contributed by atoms with Crippen molar-refractivity contribution in [1.82, 2.24) is 0 Å². The Labute approximate surface area is 106 Å². The van der Waals surface area contributed by atoms with Gasteiger partial charge in [-0.15, -0.1) is 0 Å². The molecule has 2 N–H and O–H groups in total. The van der Waals surface area contributed by atoms with Crippen LogP contribution in [0.3, 0.4) is 0 Å². The number of hydrogen-bond donors (Lipinski definition) is 1. The van der Waals surface area contributed by atoms with Crippen molar-refractivity contribution >= 4 is 0 Å². The van der Waals surface area contributed by atoms with Crippen LogP contribution in [0, 0.1) is 5.92 Å². The molecule has 0 radical (unpaired) electrons. The van der Waals surface area contributed by atoms with Crippen LogP contribution in [-0.2, 0) is 6.18 Å². The molecule has 1 nitrogen and oxygen atoms in total. The van der Waals surface area contributed by atoms with Crippen molar-refractivity contribution in [3.63, 3.8) is 0 Å². The van der Waals surface area contributed by atoms with Gasteiger partial charge in [0.15, 0.2) is 0 Å². The van der Waals surface area contributed by atoms with Crippen LogP contribution in [0.5, 0.6) is 0 Å². The van der Waals surface area contributed by atoms with Gasteiger partial charge in [0.25, 0.3) is 0 Å². The van der Waals surface area contributed by atoms with Gasteiger partial charge in [-0.25, -0.2) is 0 Å². The molecule has 0 spiro atoms. The molecule has 1 atom stereocenters. The van der Waals surface area contributed by atoms with E-state index >= 15 is 0 Å². The Morgan fingerprint density at radius 2 is 1.78 bits per heavy atom. The van der Waals surface area contributed by atoms with Crippen molar-refractivity contribution in [2.24, 2.45) is 11.7 Å². The molecule has 1 aromatic rings. The minimum Gasteiger partial charge on any atom is -0.330 e. The summed E-state index contributed by atoms with van der Waals surface area (Å²) >= 11 is 0. The lowest BCUT2D eigenvalue weighted by Gasteiger charge is -2.25. The highest BCUT2D eigenvalue weighted by Crippen LogP contribution is 2.34. The van der Waals surface area contributed by atoms with Crippen molar-refractivity contribution < 1.29 is 13.2 Å². The third-order valence-corrected chi connectivity index (χ3v) is 3.51. The maximum absolute atomic E-state index is 12.7. The molecule has 0 bridgehead atoms. The number of rotatable bonds is 5. The lowest BCUT2D eigenvalue weighted by atomic mass is 9.82. The zero-order valence-electron chi connectivity index (χ0n) is 10.8. The fourth-order valence-electron chi connectivity index (χ4n) is 2.40. The first-order chi connectivity index (χ1) is 8.43. The average Bonchev–Trinajstić information content (AvgIpc) is 2.35. The molecule has 1 rings (SSSR count). The summed E-state index contributed by atoms with van der Waals surface area (Å²) in [5.41, 5.74) is 5.84. The van der Waals surface area contributed by atoms with Crippen molar-refractivity contribution in [3.8, 4) is 0 Å². The van der Waals surface area contributed by atoms with Gasteiger partial charge in [0.2, 0.25) is 0 Å². The molecule has 0 fully saturated rings. The first-order valence-electron chi connectivity index (χ1n) is 6.31. The lowest BCUT2D eigenvalue weighted by Crippen LogP contribution is -2.21. The quantitative estimate of drug-likeness (QED) is 0.843. The van der Waals surface area contributed by atoms with Gasteiger partial charge in [0.05, 0.1) is 5.56 Å². The Morgan fingerprint density at radius 3 is 2.22 bits per heavy atom. The minimum atomic E-state index is -4.29. The summed E-state index contributed by atoms with van der Waals surface area (Å²) < 4.78 is 38.0. The van der Waals surface area contributed by atoms with E-state index in [0.717, 1.165) is 18.9 Å². The smallest absolute Gasteiger partial charge is 0.330 e. The monoisotopic (exact) mass is 259 g/mol. The molecule has 0 aliphatic heterocycles. The maximum atomic E-state index is 12.7. The largest absolute Gasteiger partial charge is 0.416 e. The van der Waals surface area contributed by atoms with Crippen LogP contribution < -0.4 is 5.73 Å². The zero-order chi connectivity index (χ0) is 13.8. The Hall–Kier alpha value is -1.03. The Morgan fingerprint density at radius 1 is 1.17 bits per heavy atom. The number of alkyl halides is 3. The normalized spacial score (nSPS) is 13.9. The average molecular weight is 259 g/mol. The second kappa shape index (κ2) is 6.23. The predicted octanol–water partition coefficient (Wildman–Crippen LogP) is 4.18. The van der Waals surface area contributed by atoms with Crippen molar-refractivity contribution in [2.75, 3.05) is 6.54 Å². The van der Waals surface area contributed by atoms with Crippen molar-refractivity contribution in [2.45, 2.75) is 38.8 Å². The first-order valence-corrected chi connectivity index (χ1v) is 6.31. The Kier molecular flexibility index (Phi) is 5.20. The molecule has 18 heavy (non-hydrogen) atoms. The van der Waals surface area contributed by atoms with Gasteiger partial charge in [0.1, 0.15) is 0 Å². The second-order valence-electron chi connectivity index (χ2n) is 4.54. The molecule has 0 saturated carbocycles. The van der Waals surface area contributed by atoms with E-state index in [0.29, 0.717) is 18.0 Å². The molecule has 0 aliphatic rings. The van der Waals surface area contributed by atoms with Gasteiger partial charge >= 0.3 is 6.18 Å². The number of benzene rings is 1. The molecule has 4 heteroatoms. The number of nitrogens with two attached hydrogens (primary N) is 1. The fourth-order valence-corrected chi connectivity index (χ4v) is 2.40. The van der Waals surface area contributed by atoms with E-state index in [1.807, 2.05) is 13.8 Å². The number of hydrogen-bond acceptors (Lipinski definition) is 1. The SMILES string of the molecule is CCC(CC)C(CN)c1cccc(C(F)(F)F)c1. The molecular formula is C14H20F3N. The van der Waals surface area contributed by atoms with E-state index in [1.165, 1.54) is 12.1 Å². The summed E-state index contributed by atoms with van der Waals surface area (Å²) in [7, 11) is 0. The van der Waals surface area contributed by atoms with Crippen LogP contribution in [0.4, 0.5) is 13.2 Å². The minimum absolute atomic E-state index is 0.00213. The second-order valence-corrected chi connectivity index (χ2v) is 4.54. The van der Waals surface area contributed by atoms with Gasteiger partial charge in [-0.05, 0) is 30.0 Å². The summed E-state index contributed by atoms with van der Waals surface area (Å²) in [4.78, 5) is 0. The molecule has 0 aliphatic carbocycles. The van der Waals surface area contributed by atoms with E-state index in [4.69, 9.17) is 5.73 Å². The molecule has 0 aromatic heterocycles. The van der Waals surface area contributed by atoms with Gasteiger partial charge in [0, 0.05) is 0 Å². The topological polar surface area (TPSA) is 26.0 Å². The van der Waals surface area contributed by atoms with Crippen LogP contribution in [0.1, 0.15) is 43.7 Å². The van der Waals surface area contributed by atoms with E-state index in [1.54, 1.807) is 6.07 Å². The third kappa shape index (κ3) is 3.48. The molecule has 1 aromatic carbocycles. The summed E-state index contributed by atoms with van der Waals surface area (Å²) in [5, 5.41) is 0. The Balaban J connectivity index is 3.07. The third-order valence-electron chi connectivity index (χ3n) is 3.51. The van der Waals surface area contributed by atoms with Crippen molar-refractivity contribution in [1.29, 1.82) is 0 Å². The lowest BCUT2D eigenvalue weighted by molar-refractivity contribution is -0.137. The summed E-state index contributed by atoms with van der Waals surface area (Å²) in [5.74, 6) is 0.334. The van der Waals surface area contributed by atoms with Gasteiger partial charge in [-0.3, -0.25) is 0 Å². The van der Waals surface area contributed by atoms with E-state index < -0.39 is 11.7 Å². The van der Waals surface area contributed by atoms with Crippen LogP contribution in [-0.4, -0.2) is 6.54 Å². The van der Waals surface area contributed by atoms with Crippen LogP contribution >= 0.6 is 0 Å². The van der Waals surface area contributed by atoms with Gasteiger partial charge < -0.3 is 5.73 Å². The maximum Gasteiger partial charge on any atom is 0.416 e.